The zero-order valence-electron chi connectivity index (χ0n) is 13.0. The molecular formula is C17H23NO4. The molecule has 5 heteroatoms. The third kappa shape index (κ3) is 5.48. The first kappa shape index (κ1) is 16.5. The van der Waals surface area contributed by atoms with Crippen molar-refractivity contribution in [3.05, 3.63) is 29.8 Å². The van der Waals surface area contributed by atoms with Crippen LogP contribution >= 0.6 is 0 Å². The van der Waals surface area contributed by atoms with Crippen LogP contribution in [0.2, 0.25) is 0 Å². The van der Waals surface area contributed by atoms with E-state index in [1.165, 1.54) is 13.3 Å². The molecule has 0 radical (unpaired) electrons. The van der Waals surface area contributed by atoms with Gasteiger partial charge in [-0.25, -0.2) is 0 Å². The summed E-state index contributed by atoms with van der Waals surface area (Å²) in [6.07, 6.45) is 4.54. The Morgan fingerprint density at radius 2 is 2.05 bits per heavy atom. The minimum Gasteiger partial charge on any atom is -0.484 e. The van der Waals surface area contributed by atoms with Crippen molar-refractivity contribution in [1.82, 2.24) is 5.32 Å². The molecule has 1 aliphatic rings. The maximum atomic E-state index is 11.7. The van der Waals surface area contributed by atoms with Gasteiger partial charge in [0, 0.05) is 18.7 Å². The summed E-state index contributed by atoms with van der Waals surface area (Å²) in [6.45, 7) is 2.93. The Morgan fingerprint density at radius 1 is 1.27 bits per heavy atom. The fourth-order valence-electron chi connectivity index (χ4n) is 2.39. The van der Waals surface area contributed by atoms with Crippen LogP contribution in [0.5, 0.6) is 5.75 Å². The minimum atomic E-state index is -0.147. The SMILES string of the molecule is CC(=O)c1ccc(OCC(=O)NCC[C@@H]2CCCCO2)cc1. The summed E-state index contributed by atoms with van der Waals surface area (Å²) >= 11 is 0. The number of hydrogen-bond donors (Lipinski definition) is 1. The van der Waals surface area contributed by atoms with Crippen molar-refractivity contribution < 1.29 is 19.1 Å². The third-order valence-corrected chi connectivity index (χ3v) is 3.69. The van der Waals surface area contributed by atoms with Crippen molar-refractivity contribution >= 4 is 11.7 Å². The quantitative estimate of drug-likeness (QED) is 0.785. The summed E-state index contributed by atoms with van der Waals surface area (Å²) < 4.78 is 11.0. The number of carbonyl (C=O) groups is 2. The van der Waals surface area contributed by atoms with E-state index in [0.29, 0.717) is 17.9 Å². The van der Waals surface area contributed by atoms with E-state index in [-0.39, 0.29) is 24.4 Å². The molecule has 0 saturated carbocycles. The van der Waals surface area contributed by atoms with Crippen molar-refractivity contribution in [2.45, 2.75) is 38.7 Å². The van der Waals surface area contributed by atoms with Crippen molar-refractivity contribution in [2.75, 3.05) is 19.8 Å². The predicted octanol–water partition coefficient (Wildman–Crippen LogP) is 2.34. The summed E-state index contributed by atoms with van der Waals surface area (Å²) in [6, 6.07) is 6.77. The van der Waals surface area contributed by atoms with E-state index in [0.717, 1.165) is 25.9 Å². The number of ether oxygens (including phenoxy) is 2. The van der Waals surface area contributed by atoms with Crippen LogP contribution in [0.4, 0.5) is 0 Å². The molecule has 5 nitrogen and oxygen atoms in total. The van der Waals surface area contributed by atoms with Gasteiger partial charge in [-0.2, -0.15) is 0 Å². The lowest BCUT2D eigenvalue weighted by Crippen LogP contribution is -2.32. The topological polar surface area (TPSA) is 64.6 Å². The van der Waals surface area contributed by atoms with Gasteiger partial charge in [0.05, 0.1) is 6.10 Å². The highest BCUT2D eigenvalue weighted by atomic mass is 16.5. The molecule has 0 bridgehead atoms. The minimum absolute atomic E-state index is 0.00854. The Morgan fingerprint density at radius 3 is 2.68 bits per heavy atom. The Hall–Kier alpha value is -1.88. The van der Waals surface area contributed by atoms with Gasteiger partial charge < -0.3 is 14.8 Å². The number of Topliss-reactive ketones (excluding diaryl/α,β-unsaturated/α-hetero) is 1. The standard InChI is InChI=1S/C17H23NO4/c1-13(19)14-5-7-16(8-6-14)22-12-17(20)18-10-9-15-4-2-3-11-21-15/h5-8,15H,2-4,9-12H2,1H3,(H,18,20)/t15-/m0/s1. The van der Waals surface area contributed by atoms with Gasteiger partial charge in [-0.3, -0.25) is 9.59 Å². The third-order valence-electron chi connectivity index (χ3n) is 3.69. The van der Waals surface area contributed by atoms with Crippen LogP contribution in [-0.2, 0) is 9.53 Å². The molecule has 1 fully saturated rings. The number of carbonyl (C=O) groups excluding carboxylic acids is 2. The van der Waals surface area contributed by atoms with Crippen molar-refractivity contribution in [3.8, 4) is 5.75 Å². The predicted molar refractivity (Wildman–Crippen MR) is 83.2 cm³/mol. The molecule has 22 heavy (non-hydrogen) atoms. The first-order valence-corrected chi connectivity index (χ1v) is 7.77. The normalized spacial score (nSPS) is 17.8. The van der Waals surface area contributed by atoms with Crippen LogP contribution in [-0.4, -0.2) is 37.6 Å². The van der Waals surface area contributed by atoms with Gasteiger partial charge in [-0.15, -0.1) is 0 Å². The van der Waals surface area contributed by atoms with Crippen molar-refractivity contribution in [1.29, 1.82) is 0 Å². The van der Waals surface area contributed by atoms with Gasteiger partial charge in [0.15, 0.2) is 12.4 Å². The van der Waals surface area contributed by atoms with Gasteiger partial charge in [0.25, 0.3) is 5.91 Å². The van der Waals surface area contributed by atoms with E-state index >= 15 is 0 Å². The van der Waals surface area contributed by atoms with Crippen molar-refractivity contribution in [3.63, 3.8) is 0 Å². The number of benzene rings is 1. The maximum absolute atomic E-state index is 11.7. The molecule has 1 aromatic carbocycles. The van der Waals surface area contributed by atoms with Crippen LogP contribution in [0.1, 0.15) is 43.0 Å². The van der Waals surface area contributed by atoms with E-state index in [4.69, 9.17) is 9.47 Å². The second kappa shape index (κ2) is 8.54. The molecule has 1 atom stereocenters. The molecule has 1 amide bonds. The second-order valence-electron chi connectivity index (χ2n) is 5.50. The number of amides is 1. The maximum Gasteiger partial charge on any atom is 0.257 e. The summed E-state index contributed by atoms with van der Waals surface area (Å²) in [4.78, 5) is 22.9. The number of nitrogens with one attached hydrogen (secondary N) is 1. The average Bonchev–Trinajstić information content (AvgIpc) is 2.54. The number of hydrogen-bond acceptors (Lipinski definition) is 4. The van der Waals surface area contributed by atoms with Crippen LogP contribution in [0.3, 0.4) is 0 Å². The summed E-state index contributed by atoms with van der Waals surface area (Å²) in [7, 11) is 0. The molecule has 0 aromatic heterocycles. The molecule has 0 unspecified atom stereocenters. The molecule has 1 heterocycles. The van der Waals surface area contributed by atoms with Gasteiger partial charge in [-0.1, -0.05) is 0 Å². The Balaban J connectivity index is 1.63. The molecule has 2 rings (SSSR count). The summed E-state index contributed by atoms with van der Waals surface area (Å²) in [5, 5.41) is 2.83. The monoisotopic (exact) mass is 305 g/mol. The molecular weight excluding hydrogens is 282 g/mol. The fourth-order valence-corrected chi connectivity index (χ4v) is 2.39. The smallest absolute Gasteiger partial charge is 0.257 e. The van der Waals surface area contributed by atoms with Gasteiger partial charge in [0.1, 0.15) is 5.75 Å². The highest BCUT2D eigenvalue weighted by Gasteiger charge is 2.13. The molecule has 1 aromatic rings. The zero-order valence-corrected chi connectivity index (χ0v) is 13.0. The van der Waals surface area contributed by atoms with E-state index in [2.05, 4.69) is 5.32 Å². The summed E-state index contributed by atoms with van der Waals surface area (Å²) in [5.74, 6) is 0.441. The number of rotatable bonds is 7. The van der Waals surface area contributed by atoms with E-state index in [1.54, 1.807) is 24.3 Å². The second-order valence-corrected chi connectivity index (χ2v) is 5.50. The van der Waals surface area contributed by atoms with Crippen LogP contribution in [0.25, 0.3) is 0 Å². The zero-order chi connectivity index (χ0) is 15.8. The van der Waals surface area contributed by atoms with Crippen LogP contribution < -0.4 is 10.1 Å². The van der Waals surface area contributed by atoms with Crippen LogP contribution in [0.15, 0.2) is 24.3 Å². The van der Waals surface area contributed by atoms with Crippen LogP contribution in [0, 0.1) is 0 Å². The summed E-state index contributed by atoms with van der Waals surface area (Å²) in [5.41, 5.74) is 0.629. The molecule has 1 saturated heterocycles. The molecule has 1 N–H and O–H groups in total. The lowest BCUT2D eigenvalue weighted by Gasteiger charge is -2.22. The fraction of sp³-hybridized carbons (Fsp3) is 0.529. The Bertz CT molecular complexity index is 492. The first-order valence-electron chi connectivity index (χ1n) is 7.77. The average molecular weight is 305 g/mol. The molecule has 120 valence electrons. The van der Waals surface area contributed by atoms with Gasteiger partial charge in [0.2, 0.25) is 0 Å². The Kier molecular flexibility index (Phi) is 6.40. The van der Waals surface area contributed by atoms with E-state index in [9.17, 15) is 9.59 Å². The number of ketones is 1. The van der Waals surface area contributed by atoms with Gasteiger partial charge >= 0.3 is 0 Å². The molecule has 0 aliphatic carbocycles. The molecule has 1 aliphatic heterocycles. The highest BCUT2D eigenvalue weighted by molar-refractivity contribution is 5.94. The lowest BCUT2D eigenvalue weighted by atomic mass is 10.1. The lowest BCUT2D eigenvalue weighted by molar-refractivity contribution is -0.123. The van der Waals surface area contributed by atoms with E-state index < -0.39 is 0 Å². The largest absolute Gasteiger partial charge is 0.484 e. The Labute approximate surface area is 131 Å². The first-order chi connectivity index (χ1) is 10.6. The van der Waals surface area contributed by atoms with E-state index in [1.807, 2.05) is 0 Å². The molecule has 0 spiro atoms. The highest BCUT2D eigenvalue weighted by Crippen LogP contribution is 2.15. The van der Waals surface area contributed by atoms with Crippen molar-refractivity contribution in [2.24, 2.45) is 0 Å². The van der Waals surface area contributed by atoms with Gasteiger partial charge in [-0.05, 0) is 56.9 Å².